The summed E-state index contributed by atoms with van der Waals surface area (Å²) in [7, 11) is 0.437. The van der Waals surface area contributed by atoms with Crippen LogP contribution in [0.2, 0.25) is 18.1 Å². The lowest BCUT2D eigenvalue weighted by atomic mass is 10.1. The molecule has 0 unspecified atom stereocenters. The van der Waals surface area contributed by atoms with E-state index >= 15 is 0 Å². The molecule has 27 heavy (non-hydrogen) atoms. The van der Waals surface area contributed by atoms with Crippen LogP contribution < -0.4 is 4.90 Å². The van der Waals surface area contributed by atoms with E-state index in [1.54, 1.807) is 11.3 Å². The van der Waals surface area contributed by atoms with Crippen LogP contribution in [0.15, 0.2) is 35.7 Å². The average Bonchev–Trinajstić information content (AvgIpc) is 3.07. The van der Waals surface area contributed by atoms with Gasteiger partial charge in [-0.1, -0.05) is 39.0 Å². The summed E-state index contributed by atoms with van der Waals surface area (Å²) in [4.78, 5) is 3.40. The van der Waals surface area contributed by atoms with E-state index in [0.29, 0.717) is 0 Å². The van der Waals surface area contributed by atoms with Gasteiger partial charge in [-0.3, -0.25) is 0 Å². The molecule has 2 aromatic rings. The van der Waals surface area contributed by atoms with Gasteiger partial charge in [-0.15, -0.1) is 11.3 Å². The molecule has 0 aliphatic heterocycles. The molecule has 0 saturated heterocycles. The third-order valence-corrected chi connectivity index (χ3v) is 10.8. The third kappa shape index (κ3) is 6.31. The van der Waals surface area contributed by atoms with Crippen LogP contribution >= 0.6 is 11.3 Å². The Kier molecular flexibility index (Phi) is 7.45. The summed E-state index contributed by atoms with van der Waals surface area (Å²) < 4.78 is 6.28. The smallest absolute Gasteiger partial charge is 0.192 e. The molecule has 0 bridgehead atoms. The lowest BCUT2D eigenvalue weighted by Crippen LogP contribution is -2.42. The number of thiophene rings is 1. The van der Waals surface area contributed by atoms with Gasteiger partial charge in [0.15, 0.2) is 8.32 Å². The number of hydrogen-bond acceptors (Lipinski definition) is 4. The maximum atomic E-state index is 9.14. The number of aliphatic hydroxyl groups is 1. The quantitative estimate of drug-likeness (QED) is 0.560. The van der Waals surface area contributed by atoms with E-state index in [1.807, 2.05) is 11.4 Å². The monoisotopic (exact) mass is 403 g/mol. The normalized spacial score (nSPS) is 12.7. The molecule has 148 valence electrons. The van der Waals surface area contributed by atoms with Gasteiger partial charge in [0, 0.05) is 24.2 Å². The first-order chi connectivity index (χ1) is 12.6. The zero-order chi connectivity index (χ0) is 20.1. The van der Waals surface area contributed by atoms with Crippen LogP contribution in [-0.4, -0.2) is 33.6 Å². The fourth-order valence-corrected chi connectivity index (χ4v) is 4.20. The van der Waals surface area contributed by atoms with Crippen LogP contribution in [-0.2, 0) is 11.0 Å². The number of likely N-dealkylation sites (N-methyl/N-ethyl adjacent to an activating group) is 1. The summed E-state index contributed by atoms with van der Waals surface area (Å²) in [5, 5.41) is 11.4. The Labute approximate surface area is 169 Å². The highest BCUT2D eigenvalue weighted by atomic mass is 32.1. The number of rotatable bonds is 8. The highest BCUT2D eigenvalue weighted by Crippen LogP contribution is 2.36. The Hall–Kier alpha value is -1.40. The number of nitrogens with zero attached hydrogens (tertiary/aromatic N) is 1. The third-order valence-electron chi connectivity index (χ3n) is 5.33. The lowest BCUT2D eigenvalue weighted by Gasteiger charge is -2.36. The van der Waals surface area contributed by atoms with Gasteiger partial charge in [0.05, 0.1) is 13.2 Å². The first kappa shape index (κ1) is 21.9. The number of hydrogen-bond donors (Lipinski definition) is 1. The second-order valence-corrected chi connectivity index (χ2v) is 14.2. The van der Waals surface area contributed by atoms with Gasteiger partial charge in [-0.2, -0.15) is 0 Å². The van der Waals surface area contributed by atoms with Crippen LogP contribution in [0.25, 0.3) is 12.2 Å². The van der Waals surface area contributed by atoms with Crippen LogP contribution in [0.3, 0.4) is 0 Å². The molecule has 1 heterocycles. The van der Waals surface area contributed by atoms with Crippen molar-refractivity contribution in [3.8, 4) is 0 Å². The van der Waals surface area contributed by atoms with Crippen molar-refractivity contribution in [2.75, 3.05) is 25.1 Å². The summed E-state index contributed by atoms with van der Waals surface area (Å²) in [6.45, 7) is 13.2. The summed E-state index contributed by atoms with van der Waals surface area (Å²) in [5.74, 6) is 0. The molecule has 0 aliphatic carbocycles. The predicted molar refractivity (Wildman–Crippen MR) is 122 cm³/mol. The zero-order valence-electron chi connectivity index (χ0n) is 17.5. The standard InChI is InChI=1S/C22H33NO2SSi/c1-22(2,3)27(5,6)25-14-13-23(4)20-10-7-18(8-11-20)9-12-21-15-19(16-24)17-26-21/h7-12,15,17,24H,13-14,16H2,1-6H3. The summed E-state index contributed by atoms with van der Waals surface area (Å²) >= 11 is 1.65. The molecule has 0 radical (unpaired) electrons. The van der Waals surface area contributed by atoms with Gasteiger partial charge in [0.2, 0.25) is 0 Å². The SMILES string of the molecule is CN(CCO[Si](C)(C)C(C)(C)C)c1ccc(C=Cc2cc(CO)cs2)cc1. The van der Waals surface area contributed by atoms with E-state index in [0.717, 1.165) is 23.6 Å². The highest BCUT2D eigenvalue weighted by molar-refractivity contribution is 7.11. The molecule has 5 heteroatoms. The van der Waals surface area contributed by atoms with Gasteiger partial charge in [-0.25, -0.2) is 0 Å². The van der Waals surface area contributed by atoms with Gasteiger partial charge >= 0.3 is 0 Å². The Morgan fingerprint density at radius 2 is 1.81 bits per heavy atom. The van der Waals surface area contributed by atoms with Crippen LogP contribution in [0.1, 0.15) is 36.8 Å². The molecule has 0 spiro atoms. The molecule has 3 nitrogen and oxygen atoms in total. The zero-order valence-corrected chi connectivity index (χ0v) is 19.3. The highest BCUT2D eigenvalue weighted by Gasteiger charge is 2.36. The summed E-state index contributed by atoms with van der Waals surface area (Å²) in [5.41, 5.74) is 3.34. The molecule has 1 aromatic carbocycles. The lowest BCUT2D eigenvalue weighted by molar-refractivity contribution is 0.282. The van der Waals surface area contributed by atoms with Crippen molar-refractivity contribution in [3.05, 3.63) is 51.7 Å². The Balaban J connectivity index is 1.88. The van der Waals surface area contributed by atoms with Crippen molar-refractivity contribution < 1.29 is 9.53 Å². The largest absolute Gasteiger partial charge is 0.415 e. The minimum absolute atomic E-state index is 0.102. The van der Waals surface area contributed by atoms with Gasteiger partial charge in [0.1, 0.15) is 0 Å². The van der Waals surface area contributed by atoms with Crippen molar-refractivity contribution in [3.63, 3.8) is 0 Å². The van der Waals surface area contributed by atoms with Crippen molar-refractivity contribution in [1.82, 2.24) is 0 Å². The fraction of sp³-hybridized carbons (Fsp3) is 0.455. The summed E-state index contributed by atoms with van der Waals surface area (Å²) in [6, 6.07) is 10.6. The van der Waals surface area contributed by atoms with Crippen molar-refractivity contribution >= 4 is 37.5 Å². The minimum Gasteiger partial charge on any atom is -0.415 e. The molecule has 1 N–H and O–H groups in total. The molecule has 0 saturated carbocycles. The van der Waals surface area contributed by atoms with Gasteiger partial charge < -0.3 is 14.4 Å². The first-order valence-electron chi connectivity index (χ1n) is 9.44. The fourth-order valence-electron chi connectivity index (χ4n) is 2.37. The molecule has 0 aliphatic rings. The molecule has 2 rings (SSSR count). The van der Waals surface area contributed by atoms with Crippen molar-refractivity contribution in [2.45, 2.75) is 45.5 Å². The number of aliphatic hydroxyl groups excluding tert-OH is 1. The molecular weight excluding hydrogens is 370 g/mol. The van der Waals surface area contributed by atoms with E-state index < -0.39 is 8.32 Å². The van der Waals surface area contributed by atoms with Crippen LogP contribution in [0, 0.1) is 0 Å². The molecular formula is C22H33NO2SSi. The Morgan fingerprint density at radius 1 is 1.15 bits per heavy atom. The number of anilines is 1. The molecule has 0 atom stereocenters. The summed E-state index contributed by atoms with van der Waals surface area (Å²) in [6.07, 6.45) is 4.20. The van der Waals surface area contributed by atoms with Gasteiger partial charge in [0.25, 0.3) is 0 Å². The maximum absolute atomic E-state index is 9.14. The van der Waals surface area contributed by atoms with E-state index in [9.17, 15) is 0 Å². The van der Waals surface area contributed by atoms with E-state index in [4.69, 9.17) is 9.53 Å². The Bertz CT molecular complexity index is 744. The van der Waals surface area contributed by atoms with E-state index in [-0.39, 0.29) is 11.6 Å². The molecule has 0 fully saturated rings. The van der Waals surface area contributed by atoms with Crippen LogP contribution in [0.4, 0.5) is 5.69 Å². The predicted octanol–water partition coefficient (Wildman–Crippen LogP) is 5.87. The van der Waals surface area contributed by atoms with E-state index in [1.165, 1.54) is 11.3 Å². The van der Waals surface area contributed by atoms with Crippen LogP contribution in [0.5, 0.6) is 0 Å². The first-order valence-corrected chi connectivity index (χ1v) is 13.2. The van der Waals surface area contributed by atoms with Gasteiger partial charge in [-0.05, 0) is 58.9 Å². The topological polar surface area (TPSA) is 32.7 Å². The Morgan fingerprint density at radius 3 is 2.37 bits per heavy atom. The van der Waals surface area contributed by atoms with Crippen molar-refractivity contribution in [2.24, 2.45) is 0 Å². The minimum atomic E-state index is -1.68. The maximum Gasteiger partial charge on any atom is 0.192 e. The second kappa shape index (κ2) is 9.19. The van der Waals surface area contributed by atoms with Crippen molar-refractivity contribution in [1.29, 1.82) is 0 Å². The number of benzene rings is 1. The average molecular weight is 404 g/mol. The molecule has 1 aromatic heterocycles. The molecule has 0 amide bonds. The van der Waals surface area contributed by atoms with E-state index in [2.05, 4.69) is 82.2 Å². The second-order valence-electron chi connectivity index (χ2n) is 8.47.